The summed E-state index contributed by atoms with van der Waals surface area (Å²) in [5.74, 6) is -0.491. The Bertz CT molecular complexity index is 1280. The molecule has 3 rings (SSSR count). The van der Waals surface area contributed by atoms with E-state index in [1.54, 1.807) is 57.2 Å². The topological polar surface area (TPSA) is 187 Å². The zero-order chi connectivity index (χ0) is 28.1. The number of hydrogen-bond donors (Lipinski definition) is 2. The lowest BCUT2D eigenvalue weighted by Gasteiger charge is -2.28. The monoisotopic (exact) mass is 550 g/mol. The Morgan fingerprint density at radius 1 is 1.34 bits per heavy atom. The molecule has 2 N–H and O–H groups in total. The van der Waals surface area contributed by atoms with E-state index >= 15 is 0 Å². The molecule has 15 heteroatoms. The second-order valence-corrected chi connectivity index (χ2v) is 10.9. The summed E-state index contributed by atoms with van der Waals surface area (Å²) in [6.45, 7) is 7.30. The van der Waals surface area contributed by atoms with Gasteiger partial charge in [0.1, 0.15) is 23.4 Å². The molecule has 0 saturated carbocycles. The van der Waals surface area contributed by atoms with Crippen LogP contribution in [0.5, 0.6) is 5.75 Å². The Labute approximate surface area is 219 Å². The van der Waals surface area contributed by atoms with E-state index in [2.05, 4.69) is 20.1 Å². The van der Waals surface area contributed by atoms with Crippen LogP contribution in [-0.2, 0) is 23.4 Å². The van der Waals surface area contributed by atoms with Gasteiger partial charge in [-0.15, -0.1) is 0 Å². The Morgan fingerprint density at radius 2 is 2.03 bits per heavy atom. The summed E-state index contributed by atoms with van der Waals surface area (Å²) in [4.78, 5) is 31.5. The first kappa shape index (κ1) is 29.3. The first-order chi connectivity index (χ1) is 17.9. The summed E-state index contributed by atoms with van der Waals surface area (Å²) in [7, 11) is -4.26. The number of ether oxygens (including phenoxy) is 2. The fraction of sp³-hybridized carbons (Fsp3) is 0.522. The largest absolute Gasteiger partial charge is 0.462 e. The lowest BCUT2D eigenvalue weighted by molar-refractivity contribution is -0.149. The summed E-state index contributed by atoms with van der Waals surface area (Å²) in [5, 5.41) is 17.3. The molecule has 38 heavy (non-hydrogen) atoms. The van der Waals surface area contributed by atoms with E-state index in [1.807, 2.05) is 0 Å². The maximum absolute atomic E-state index is 13.7. The van der Waals surface area contributed by atoms with Crippen molar-refractivity contribution in [2.75, 3.05) is 6.61 Å². The van der Waals surface area contributed by atoms with Gasteiger partial charge in [-0.05, 0) is 58.3 Å². The number of carbonyl (C=O) groups excluding carboxylic acids is 1. The van der Waals surface area contributed by atoms with E-state index in [1.165, 1.54) is 20.0 Å². The summed E-state index contributed by atoms with van der Waals surface area (Å²) < 4.78 is 37.1. The Morgan fingerprint density at radius 3 is 2.63 bits per heavy atom. The molecule has 0 bridgehead atoms. The summed E-state index contributed by atoms with van der Waals surface area (Å²) in [6, 6.07) is 8.60. The standard InChI is InChI=1S/C23H31N6O8P/c1-14(2)35-20(31)16(4)26-38(33,37-17-9-7-6-8-10-17)34-13-18-19(30)23(5,27-28-24)21(36-18)29-12-11-15(3)25-22(29)32/h6-12,14,16,18-19,21,30H,13H2,1-5H3,(H,26,33)/t16-,18-,19-,21-,23-,38+/m1/s1. The summed E-state index contributed by atoms with van der Waals surface area (Å²) in [5.41, 5.74) is 7.29. The average molecular weight is 551 g/mol. The predicted octanol–water partition coefficient (Wildman–Crippen LogP) is 3.01. The number of aliphatic hydroxyl groups is 1. The minimum atomic E-state index is -4.26. The third kappa shape index (κ3) is 6.79. The molecule has 0 radical (unpaired) electrons. The van der Waals surface area contributed by atoms with E-state index in [0.29, 0.717) is 5.69 Å². The van der Waals surface area contributed by atoms with Crippen LogP contribution in [0.2, 0.25) is 0 Å². The van der Waals surface area contributed by atoms with Gasteiger partial charge in [-0.3, -0.25) is 13.9 Å². The van der Waals surface area contributed by atoms with Crippen LogP contribution in [0.3, 0.4) is 0 Å². The maximum Gasteiger partial charge on any atom is 0.459 e. The normalized spacial score (nSPS) is 25.3. The molecular weight excluding hydrogens is 519 g/mol. The van der Waals surface area contributed by atoms with Crippen molar-refractivity contribution in [3.8, 4) is 5.75 Å². The number of aliphatic hydroxyl groups excluding tert-OH is 1. The number of benzene rings is 1. The van der Waals surface area contributed by atoms with Crippen molar-refractivity contribution in [1.82, 2.24) is 14.6 Å². The van der Waals surface area contributed by atoms with Crippen molar-refractivity contribution in [2.24, 2.45) is 5.11 Å². The van der Waals surface area contributed by atoms with E-state index in [9.17, 15) is 19.3 Å². The van der Waals surface area contributed by atoms with Gasteiger partial charge in [-0.25, -0.2) is 9.36 Å². The van der Waals surface area contributed by atoms with E-state index in [-0.39, 0.29) is 5.75 Å². The number of nitrogens with zero attached hydrogens (tertiary/aromatic N) is 5. The van der Waals surface area contributed by atoms with Crippen molar-refractivity contribution in [1.29, 1.82) is 0 Å². The molecule has 1 aromatic heterocycles. The van der Waals surface area contributed by atoms with Crippen LogP contribution in [-0.4, -0.2) is 57.1 Å². The van der Waals surface area contributed by atoms with Crippen molar-refractivity contribution in [3.63, 3.8) is 0 Å². The average Bonchev–Trinajstić information content (AvgIpc) is 3.08. The zero-order valence-electron chi connectivity index (χ0n) is 21.6. The molecule has 1 fully saturated rings. The van der Waals surface area contributed by atoms with Gasteiger partial charge in [0.05, 0.1) is 18.8 Å². The second kappa shape index (κ2) is 12.1. The number of aryl methyl sites for hydroxylation is 1. The number of aromatic nitrogens is 2. The molecule has 206 valence electrons. The first-order valence-electron chi connectivity index (χ1n) is 11.8. The fourth-order valence-corrected chi connectivity index (χ4v) is 5.27. The lowest BCUT2D eigenvalue weighted by atomic mass is 9.93. The minimum absolute atomic E-state index is 0.190. The molecule has 1 saturated heterocycles. The molecule has 6 atom stereocenters. The van der Waals surface area contributed by atoms with Gasteiger partial charge in [-0.1, -0.05) is 23.3 Å². The van der Waals surface area contributed by atoms with Gasteiger partial charge >= 0.3 is 19.4 Å². The van der Waals surface area contributed by atoms with Crippen molar-refractivity contribution in [3.05, 3.63) is 69.2 Å². The molecular formula is C23H31N6O8P. The SMILES string of the molecule is Cc1ccn([C@@H]2O[C@H](CO[P@@](=O)(N[C@H](C)C(=O)OC(C)C)Oc3ccccc3)[C@@H](O)[C@@]2(C)N=[N+]=[N-])c(=O)n1. The molecule has 0 unspecified atom stereocenters. The van der Waals surface area contributed by atoms with Crippen LogP contribution in [0.15, 0.2) is 52.5 Å². The predicted molar refractivity (Wildman–Crippen MR) is 135 cm³/mol. The quantitative estimate of drug-likeness (QED) is 0.138. The highest BCUT2D eigenvalue weighted by atomic mass is 31.2. The van der Waals surface area contributed by atoms with Crippen LogP contribution in [0.1, 0.15) is 39.6 Å². The molecule has 2 aromatic rings. The number of carbonyl (C=O) groups is 1. The molecule has 1 aliphatic heterocycles. The first-order valence-corrected chi connectivity index (χ1v) is 13.4. The van der Waals surface area contributed by atoms with Crippen molar-refractivity contribution in [2.45, 2.75) is 70.7 Å². The number of azide groups is 1. The van der Waals surface area contributed by atoms with Crippen LogP contribution in [0, 0.1) is 6.92 Å². The van der Waals surface area contributed by atoms with E-state index in [0.717, 1.165) is 4.57 Å². The second-order valence-electron chi connectivity index (χ2n) is 9.18. The highest BCUT2D eigenvalue weighted by Crippen LogP contribution is 2.47. The van der Waals surface area contributed by atoms with Gasteiger partial charge in [0.15, 0.2) is 6.23 Å². The molecule has 1 aliphatic rings. The van der Waals surface area contributed by atoms with Crippen LogP contribution in [0.4, 0.5) is 0 Å². The molecule has 14 nitrogen and oxygen atoms in total. The number of para-hydroxylation sites is 1. The number of esters is 1. The highest BCUT2D eigenvalue weighted by molar-refractivity contribution is 7.52. The van der Waals surface area contributed by atoms with Crippen LogP contribution >= 0.6 is 7.75 Å². The van der Waals surface area contributed by atoms with Crippen molar-refractivity contribution < 1.29 is 33.0 Å². The van der Waals surface area contributed by atoms with Crippen LogP contribution in [0.25, 0.3) is 10.4 Å². The van der Waals surface area contributed by atoms with Gasteiger partial charge in [0, 0.05) is 16.8 Å². The van der Waals surface area contributed by atoms with Gasteiger partial charge in [-0.2, -0.15) is 10.1 Å². The summed E-state index contributed by atoms with van der Waals surface area (Å²) in [6.07, 6.45) is -2.94. The zero-order valence-corrected chi connectivity index (χ0v) is 22.5. The number of hydrogen-bond acceptors (Lipinski definition) is 10. The molecule has 1 aromatic carbocycles. The highest BCUT2D eigenvalue weighted by Gasteiger charge is 2.55. The summed E-state index contributed by atoms with van der Waals surface area (Å²) >= 11 is 0. The van der Waals surface area contributed by atoms with Gasteiger partial charge < -0.3 is 19.1 Å². The van der Waals surface area contributed by atoms with Crippen molar-refractivity contribution >= 4 is 13.7 Å². The molecule has 0 aliphatic carbocycles. The fourth-order valence-electron chi connectivity index (χ4n) is 3.76. The van der Waals surface area contributed by atoms with Gasteiger partial charge in [0.2, 0.25) is 0 Å². The molecule has 0 amide bonds. The number of nitrogens with one attached hydrogen (secondary N) is 1. The maximum atomic E-state index is 13.7. The Kier molecular flexibility index (Phi) is 9.31. The Balaban J connectivity index is 1.86. The van der Waals surface area contributed by atoms with E-state index < -0.39 is 62.1 Å². The minimum Gasteiger partial charge on any atom is -0.462 e. The number of rotatable bonds is 11. The third-order valence-electron chi connectivity index (χ3n) is 5.67. The smallest absolute Gasteiger partial charge is 0.459 e. The van der Waals surface area contributed by atoms with E-state index in [4.69, 9.17) is 24.1 Å². The lowest BCUT2D eigenvalue weighted by Crippen LogP contribution is -2.45. The molecule has 2 heterocycles. The van der Waals surface area contributed by atoms with Crippen LogP contribution < -0.4 is 15.3 Å². The Hall–Kier alpha value is -3.25. The van der Waals surface area contributed by atoms with Gasteiger partial charge in [0.25, 0.3) is 0 Å². The third-order valence-corrected chi connectivity index (χ3v) is 7.32. The molecule has 0 spiro atoms.